The number of ether oxygens (including phenoxy) is 1. The molecule has 0 saturated heterocycles. The zero-order chi connectivity index (χ0) is 25.9. The van der Waals surface area contributed by atoms with Crippen LogP contribution in [0.25, 0.3) is 38.4 Å². The minimum absolute atomic E-state index is 0.298. The van der Waals surface area contributed by atoms with Gasteiger partial charge in [0, 0.05) is 39.9 Å². The van der Waals surface area contributed by atoms with Crippen molar-refractivity contribution in [3.05, 3.63) is 102 Å². The van der Waals surface area contributed by atoms with Crippen molar-refractivity contribution in [3.8, 4) is 16.9 Å². The number of carbonyl (C=O) groups excluding carboxylic acids is 2. The molecule has 5 rings (SSSR count). The van der Waals surface area contributed by atoms with Crippen LogP contribution in [0.3, 0.4) is 0 Å². The molecule has 0 bridgehead atoms. The van der Waals surface area contributed by atoms with Gasteiger partial charge in [0.05, 0.1) is 12.9 Å². The highest BCUT2D eigenvalue weighted by molar-refractivity contribution is 6.07. The Hall–Kier alpha value is -4.84. The largest absolute Gasteiger partial charge is 0.493 e. The van der Waals surface area contributed by atoms with Gasteiger partial charge in [-0.15, -0.1) is 0 Å². The first kappa shape index (κ1) is 23.9. The van der Waals surface area contributed by atoms with E-state index >= 15 is 0 Å². The summed E-state index contributed by atoms with van der Waals surface area (Å²) in [6.45, 7) is 4.26. The predicted molar refractivity (Wildman–Crippen MR) is 148 cm³/mol. The van der Waals surface area contributed by atoms with E-state index in [1.54, 1.807) is 30.5 Å². The predicted octanol–water partition coefficient (Wildman–Crippen LogP) is 6.79. The fourth-order valence-electron chi connectivity index (χ4n) is 4.48. The molecular weight excluding hydrogens is 464 g/mol. The first-order valence-corrected chi connectivity index (χ1v) is 12.0. The van der Waals surface area contributed by atoms with Crippen molar-refractivity contribution in [1.82, 2.24) is 0 Å². The molecule has 6 nitrogen and oxygen atoms in total. The summed E-state index contributed by atoms with van der Waals surface area (Å²) in [6, 6.07) is 24.8. The van der Waals surface area contributed by atoms with Gasteiger partial charge in [-0.3, -0.25) is 9.59 Å². The van der Waals surface area contributed by atoms with Crippen LogP contribution in [-0.4, -0.2) is 18.4 Å². The van der Waals surface area contributed by atoms with Crippen molar-refractivity contribution in [2.45, 2.75) is 13.8 Å². The third-order valence-corrected chi connectivity index (χ3v) is 6.26. The summed E-state index contributed by atoms with van der Waals surface area (Å²) in [6.07, 6.45) is 3.30. The second-order valence-electron chi connectivity index (χ2n) is 8.71. The lowest BCUT2D eigenvalue weighted by Gasteiger charge is -2.12. The van der Waals surface area contributed by atoms with Gasteiger partial charge in [0.15, 0.2) is 0 Å². The summed E-state index contributed by atoms with van der Waals surface area (Å²) in [5, 5.41) is 6.04. The van der Waals surface area contributed by atoms with Gasteiger partial charge in [-0.1, -0.05) is 42.5 Å². The van der Waals surface area contributed by atoms with Gasteiger partial charge in [-0.2, -0.15) is 0 Å². The zero-order valence-corrected chi connectivity index (χ0v) is 20.6. The number of amides is 2. The average Bonchev–Trinajstić information content (AvgIpc) is 3.31. The van der Waals surface area contributed by atoms with Gasteiger partial charge < -0.3 is 20.2 Å². The Morgan fingerprint density at radius 1 is 0.946 bits per heavy atom. The topological polar surface area (TPSA) is 94.6 Å². The Labute approximate surface area is 214 Å². The lowest BCUT2D eigenvalue weighted by molar-refractivity contribution is -0.111. The molecule has 0 atom stereocenters. The molecule has 184 valence electrons. The number of allylic oxidation sites excluding steroid dienone is 1. The molecule has 1 aromatic heterocycles. The van der Waals surface area contributed by atoms with Crippen molar-refractivity contribution in [1.29, 1.82) is 0 Å². The van der Waals surface area contributed by atoms with E-state index in [0.717, 1.165) is 38.4 Å². The van der Waals surface area contributed by atoms with Crippen LogP contribution in [0.1, 0.15) is 29.8 Å². The van der Waals surface area contributed by atoms with Gasteiger partial charge in [-0.05, 0) is 66.1 Å². The normalized spacial score (nSPS) is 11.6. The fourth-order valence-corrected chi connectivity index (χ4v) is 4.48. The molecule has 0 saturated carbocycles. The van der Waals surface area contributed by atoms with Crippen LogP contribution in [0.4, 0.5) is 5.69 Å². The number of anilines is 1. The van der Waals surface area contributed by atoms with Gasteiger partial charge in [0.1, 0.15) is 11.3 Å². The summed E-state index contributed by atoms with van der Waals surface area (Å²) < 4.78 is 11.9. The number of furan rings is 1. The minimum Gasteiger partial charge on any atom is -0.493 e. The molecule has 0 unspecified atom stereocenters. The smallest absolute Gasteiger partial charge is 0.248 e. The number of benzene rings is 4. The maximum atomic E-state index is 12.8. The maximum absolute atomic E-state index is 12.8. The van der Waals surface area contributed by atoms with E-state index in [1.807, 2.05) is 44.2 Å². The standard InChI is InChI=1S/C31H26N2O4/c1-3-36-28-17-29-26(27(18-37-29)24-10-6-8-20-7-4-5-9-23(20)24)16-25(28)19(2)15-30(34)33-22-13-11-21(12-14-22)31(32)35/h4-18H,3H2,1-2H3,(H2,32,35)(H,33,34)/b19-15+. The highest BCUT2D eigenvalue weighted by atomic mass is 16.5. The van der Waals surface area contributed by atoms with Crippen molar-refractivity contribution < 1.29 is 18.7 Å². The molecule has 5 aromatic rings. The number of hydrogen-bond donors (Lipinski definition) is 2. The number of rotatable bonds is 7. The van der Waals surface area contributed by atoms with Gasteiger partial charge in [0.2, 0.25) is 11.8 Å². The van der Waals surface area contributed by atoms with Gasteiger partial charge >= 0.3 is 0 Å². The maximum Gasteiger partial charge on any atom is 0.248 e. The van der Waals surface area contributed by atoms with Crippen LogP contribution in [0.2, 0.25) is 0 Å². The highest BCUT2D eigenvalue weighted by Crippen LogP contribution is 2.39. The average molecular weight is 491 g/mol. The first-order valence-electron chi connectivity index (χ1n) is 12.0. The Balaban J connectivity index is 1.53. The molecule has 0 fully saturated rings. The molecule has 1 heterocycles. The third kappa shape index (κ3) is 4.82. The van der Waals surface area contributed by atoms with Crippen molar-refractivity contribution >= 4 is 44.8 Å². The van der Waals surface area contributed by atoms with Gasteiger partial charge in [-0.25, -0.2) is 0 Å². The van der Waals surface area contributed by atoms with E-state index in [2.05, 4.69) is 29.6 Å². The van der Waals surface area contributed by atoms with E-state index in [0.29, 0.717) is 29.2 Å². The second-order valence-corrected chi connectivity index (χ2v) is 8.71. The van der Waals surface area contributed by atoms with Crippen molar-refractivity contribution in [2.24, 2.45) is 5.73 Å². The quantitative estimate of drug-likeness (QED) is 0.246. The van der Waals surface area contributed by atoms with Crippen LogP contribution in [0.15, 0.2) is 95.6 Å². The van der Waals surface area contributed by atoms with Crippen LogP contribution in [0.5, 0.6) is 5.75 Å². The number of nitrogens with one attached hydrogen (secondary N) is 1. The summed E-state index contributed by atoms with van der Waals surface area (Å²) in [7, 11) is 0. The van der Waals surface area contributed by atoms with Gasteiger partial charge in [0.25, 0.3) is 0 Å². The molecule has 0 radical (unpaired) electrons. The van der Waals surface area contributed by atoms with E-state index in [1.165, 1.54) is 6.08 Å². The lowest BCUT2D eigenvalue weighted by Crippen LogP contribution is -2.12. The molecule has 0 aliphatic carbocycles. The second kappa shape index (κ2) is 10.0. The van der Waals surface area contributed by atoms with Crippen molar-refractivity contribution in [2.75, 3.05) is 11.9 Å². The number of hydrogen-bond acceptors (Lipinski definition) is 4. The zero-order valence-electron chi connectivity index (χ0n) is 20.6. The van der Waals surface area contributed by atoms with Crippen LogP contribution in [0, 0.1) is 0 Å². The van der Waals surface area contributed by atoms with E-state index in [9.17, 15) is 9.59 Å². The van der Waals surface area contributed by atoms with E-state index in [-0.39, 0.29) is 5.91 Å². The van der Waals surface area contributed by atoms with Crippen LogP contribution >= 0.6 is 0 Å². The summed E-state index contributed by atoms with van der Waals surface area (Å²) >= 11 is 0. The fraction of sp³-hybridized carbons (Fsp3) is 0.0968. The molecule has 37 heavy (non-hydrogen) atoms. The molecule has 0 spiro atoms. The number of fused-ring (bicyclic) bond motifs is 2. The number of nitrogens with two attached hydrogens (primary N) is 1. The Morgan fingerprint density at radius 2 is 1.70 bits per heavy atom. The highest BCUT2D eigenvalue weighted by Gasteiger charge is 2.16. The van der Waals surface area contributed by atoms with Crippen LogP contribution < -0.4 is 15.8 Å². The molecule has 6 heteroatoms. The minimum atomic E-state index is -0.519. The third-order valence-electron chi connectivity index (χ3n) is 6.26. The Bertz CT molecular complexity index is 1660. The molecular formula is C31H26N2O4. The summed E-state index contributed by atoms with van der Waals surface area (Å²) in [4.78, 5) is 24.1. The number of primary amides is 1. The molecule has 0 aliphatic rings. The Morgan fingerprint density at radius 3 is 2.46 bits per heavy atom. The first-order chi connectivity index (χ1) is 17.9. The molecule has 2 amide bonds. The summed E-state index contributed by atoms with van der Waals surface area (Å²) in [5.41, 5.74) is 10.5. The summed E-state index contributed by atoms with van der Waals surface area (Å²) in [5.74, 6) is -0.177. The molecule has 4 aromatic carbocycles. The monoisotopic (exact) mass is 490 g/mol. The van der Waals surface area contributed by atoms with E-state index < -0.39 is 5.91 Å². The molecule has 3 N–H and O–H groups in total. The SMILES string of the molecule is CCOc1cc2occ(-c3cccc4ccccc34)c2cc1/C(C)=C/C(=O)Nc1ccc(C(N)=O)cc1. The Kier molecular flexibility index (Phi) is 6.47. The van der Waals surface area contributed by atoms with E-state index in [4.69, 9.17) is 14.9 Å². The number of carbonyl (C=O) groups is 2. The van der Waals surface area contributed by atoms with Crippen LogP contribution in [-0.2, 0) is 4.79 Å². The lowest BCUT2D eigenvalue weighted by atomic mass is 9.96. The van der Waals surface area contributed by atoms with Crippen molar-refractivity contribution in [3.63, 3.8) is 0 Å². The molecule has 0 aliphatic heterocycles.